The zero-order valence-corrected chi connectivity index (χ0v) is 13.8. The molecule has 0 bridgehead atoms. The molecule has 0 aliphatic heterocycles. The van der Waals surface area contributed by atoms with Crippen LogP contribution in [0.25, 0.3) is 0 Å². The van der Waals surface area contributed by atoms with Crippen molar-refractivity contribution < 1.29 is 9.59 Å². The number of rotatable bonds is 7. The van der Waals surface area contributed by atoms with Gasteiger partial charge in [-0.3, -0.25) is 0 Å². The number of carbonyl (C=O) groups excluding carboxylic acids is 2. The van der Waals surface area contributed by atoms with Gasteiger partial charge in [0.25, 0.3) is 0 Å². The fourth-order valence-electron chi connectivity index (χ4n) is 3.88. The quantitative estimate of drug-likeness (QED) is 0.521. The second kappa shape index (κ2) is 7.68. The lowest BCUT2D eigenvalue weighted by atomic mass is 9.72. The van der Waals surface area contributed by atoms with Gasteiger partial charge in [-0.25, -0.2) is 14.6 Å². The van der Waals surface area contributed by atoms with Gasteiger partial charge >= 0.3 is 0 Å². The molecule has 0 spiro atoms. The predicted molar refractivity (Wildman–Crippen MR) is 83.7 cm³/mol. The maximum Gasteiger partial charge on any atom is 0.235 e. The Balaban J connectivity index is 2.76. The van der Waals surface area contributed by atoms with E-state index in [1.54, 1.807) is 12.2 Å². The van der Waals surface area contributed by atoms with E-state index in [0.717, 1.165) is 25.7 Å². The number of hydrogen-bond donors (Lipinski definition) is 0. The van der Waals surface area contributed by atoms with Gasteiger partial charge in [0.05, 0.1) is 11.6 Å². The Labute approximate surface area is 128 Å². The Morgan fingerprint density at radius 3 is 2.19 bits per heavy atom. The Hall–Kier alpha value is -1.24. The molecular formula is C17H28N2O2. The van der Waals surface area contributed by atoms with Crippen LogP contribution in [-0.4, -0.2) is 23.7 Å². The van der Waals surface area contributed by atoms with E-state index in [1.807, 2.05) is 13.8 Å². The highest BCUT2D eigenvalue weighted by Crippen LogP contribution is 2.39. The molecule has 1 saturated carbocycles. The molecule has 0 amide bonds. The summed E-state index contributed by atoms with van der Waals surface area (Å²) in [7, 11) is 0. The molecule has 0 aromatic heterocycles. The molecule has 0 N–H and O–H groups in total. The van der Waals surface area contributed by atoms with Gasteiger partial charge < -0.3 is 0 Å². The van der Waals surface area contributed by atoms with Gasteiger partial charge in [-0.15, -0.1) is 0 Å². The average molecular weight is 292 g/mol. The van der Waals surface area contributed by atoms with Crippen LogP contribution in [0, 0.1) is 11.3 Å². The van der Waals surface area contributed by atoms with Crippen LogP contribution < -0.4 is 0 Å². The number of isocyanates is 2. The van der Waals surface area contributed by atoms with E-state index in [1.165, 1.54) is 19.3 Å². The monoisotopic (exact) mass is 292 g/mol. The van der Waals surface area contributed by atoms with Gasteiger partial charge in [0.2, 0.25) is 12.2 Å². The molecule has 4 nitrogen and oxygen atoms in total. The van der Waals surface area contributed by atoms with Crippen LogP contribution in [0.1, 0.15) is 72.6 Å². The second-order valence-electron chi connectivity index (χ2n) is 7.75. The van der Waals surface area contributed by atoms with Crippen molar-refractivity contribution >= 4 is 12.2 Å². The van der Waals surface area contributed by atoms with E-state index in [-0.39, 0.29) is 11.5 Å². The number of hydrogen-bond acceptors (Lipinski definition) is 4. The summed E-state index contributed by atoms with van der Waals surface area (Å²) in [5, 5.41) is 0. The highest BCUT2D eigenvalue weighted by molar-refractivity contribution is 5.34. The summed E-state index contributed by atoms with van der Waals surface area (Å²) in [5.74, 6) is 0.497. The van der Waals surface area contributed by atoms with E-state index in [0.29, 0.717) is 5.92 Å². The molecule has 1 fully saturated rings. The van der Waals surface area contributed by atoms with Gasteiger partial charge in [0, 0.05) is 0 Å². The van der Waals surface area contributed by atoms with E-state index in [2.05, 4.69) is 23.8 Å². The van der Waals surface area contributed by atoms with Crippen LogP contribution in [0.15, 0.2) is 9.98 Å². The van der Waals surface area contributed by atoms with Crippen LogP contribution in [-0.2, 0) is 9.59 Å². The maximum absolute atomic E-state index is 10.8. The molecule has 21 heavy (non-hydrogen) atoms. The van der Waals surface area contributed by atoms with Crippen LogP contribution >= 0.6 is 0 Å². The summed E-state index contributed by atoms with van der Waals surface area (Å²) in [6.45, 7) is 8.20. The molecule has 0 radical (unpaired) electrons. The number of nitrogens with zero attached hydrogens (tertiary/aromatic N) is 2. The van der Waals surface area contributed by atoms with Crippen LogP contribution in [0.4, 0.5) is 0 Å². The average Bonchev–Trinajstić information content (AvgIpc) is 2.37. The van der Waals surface area contributed by atoms with Crippen molar-refractivity contribution in [3.05, 3.63) is 0 Å². The largest absolute Gasteiger partial charge is 0.235 e. The molecule has 1 atom stereocenters. The molecule has 1 rings (SSSR count). The minimum Gasteiger partial charge on any atom is -0.211 e. The summed E-state index contributed by atoms with van der Waals surface area (Å²) in [4.78, 5) is 29.3. The first kappa shape index (κ1) is 17.8. The lowest BCUT2D eigenvalue weighted by Crippen LogP contribution is -2.32. The standard InChI is InChI=1S/C17H28N2O2/c1-16(2,11-17(3,4)19-13-21)10-15(18-12-20)14-8-6-5-7-9-14/h14-15H,5-11H2,1-4H3. The third-order valence-electron chi connectivity index (χ3n) is 4.43. The SMILES string of the molecule is CC(C)(CC(N=C=O)C1CCCCC1)CC(C)(C)N=C=O. The molecule has 1 aliphatic carbocycles. The van der Waals surface area contributed by atoms with Crippen LogP contribution in [0.2, 0.25) is 0 Å². The first-order valence-corrected chi connectivity index (χ1v) is 7.96. The molecule has 0 saturated heterocycles. The molecule has 0 aromatic rings. The summed E-state index contributed by atoms with van der Waals surface area (Å²) >= 11 is 0. The van der Waals surface area contributed by atoms with Crippen LogP contribution in [0.3, 0.4) is 0 Å². The third kappa shape index (κ3) is 6.37. The van der Waals surface area contributed by atoms with Gasteiger partial charge in [0.15, 0.2) is 0 Å². The summed E-state index contributed by atoms with van der Waals surface area (Å²) < 4.78 is 0. The van der Waals surface area contributed by atoms with Crippen molar-refractivity contribution in [2.75, 3.05) is 0 Å². The second-order valence-corrected chi connectivity index (χ2v) is 7.75. The van der Waals surface area contributed by atoms with Crippen molar-refractivity contribution in [2.24, 2.45) is 21.3 Å². The highest BCUT2D eigenvalue weighted by atomic mass is 16.1. The molecule has 1 aliphatic rings. The van der Waals surface area contributed by atoms with E-state index in [4.69, 9.17) is 0 Å². The summed E-state index contributed by atoms with van der Waals surface area (Å²) in [6, 6.07) is 0.0498. The van der Waals surface area contributed by atoms with Gasteiger partial charge in [-0.05, 0) is 50.9 Å². The van der Waals surface area contributed by atoms with E-state index in [9.17, 15) is 9.59 Å². The fraction of sp³-hybridized carbons (Fsp3) is 0.882. The third-order valence-corrected chi connectivity index (χ3v) is 4.43. The summed E-state index contributed by atoms with van der Waals surface area (Å²) in [6.07, 6.45) is 11.1. The van der Waals surface area contributed by atoms with E-state index >= 15 is 0 Å². The molecule has 118 valence electrons. The maximum atomic E-state index is 10.8. The van der Waals surface area contributed by atoms with Crippen molar-refractivity contribution in [3.8, 4) is 0 Å². The predicted octanol–water partition coefficient (Wildman–Crippen LogP) is 4.19. The van der Waals surface area contributed by atoms with Crippen molar-refractivity contribution in [3.63, 3.8) is 0 Å². The van der Waals surface area contributed by atoms with Gasteiger partial charge in [0.1, 0.15) is 0 Å². The normalized spacial score (nSPS) is 18.5. The molecular weight excluding hydrogens is 264 g/mol. The zero-order chi connectivity index (χ0) is 15.9. The lowest BCUT2D eigenvalue weighted by Gasteiger charge is -2.36. The fourth-order valence-corrected chi connectivity index (χ4v) is 3.88. The molecule has 0 heterocycles. The smallest absolute Gasteiger partial charge is 0.211 e. The lowest BCUT2D eigenvalue weighted by molar-refractivity contribution is 0.187. The van der Waals surface area contributed by atoms with Crippen LogP contribution in [0.5, 0.6) is 0 Å². The zero-order valence-electron chi connectivity index (χ0n) is 13.8. The van der Waals surface area contributed by atoms with Gasteiger partial charge in [-0.1, -0.05) is 33.1 Å². The Kier molecular flexibility index (Phi) is 6.51. The van der Waals surface area contributed by atoms with Crippen molar-refractivity contribution in [2.45, 2.75) is 84.2 Å². The Morgan fingerprint density at radius 1 is 1.05 bits per heavy atom. The van der Waals surface area contributed by atoms with Crippen molar-refractivity contribution in [1.82, 2.24) is 0 Å². The first-order valence-electron chi connectivity index (χ1n) is 7.96. The Morgan fingerprint density at radius 2 is 1.67 bits per heavy atom. The summed E-state index contributed by atoms with van der Waals surface area (Å²) in [5.41, 5.74) is -0.459. The minimum absolute atomic E-state index is 0.0354. The molecule has 4 heteroatoms. The number of aliphatic imine (C=N–C) groups is 2. The molecule has 1 unspecified atom stereocenters. The molecule has 0 aromatic carbocycles. The van der Waals surface area contributed by atoms with Crippen molar-refractivity contribution in [1.29, 1.82) is 0 Å². The first-order chi connectivity index (χ1) is 9.79. The van der Waals surface area contributed by atoms with E-state index < -0.39 is 5.54 Å². The highest BCUT2D eigenvalue weighted by Gasteiger charge is 2.34. The Bertz CT molecular complexity index is 424. The van der Waals surface area contributed by atoms with Gasteiger partial charge in [-0.2, -0.15) is 4.99 Å². The topological polar surface area (TPSA) is 58.9 Å². The minimum atomic E-state index is -0.423.